The van der Waals surface area contributed by atoms with Crippen LogP contribution in [0.1, 0.15) is 13.0 Å². The Bertz CT molecular complexity index is 913. The number of halogens is 3. The van der Waals surface area contributed by atoms with Gasteiger partial charge in [0.2, 0.25) is 5.82 Å². The highest BCUT2D eigenvalue weighted by Crippen LogP contribution is 2.21. The zero-order valence-corrected chi connectivity index (χ0v) is 12.9. The third kappa shape index (κ3) is 3.35. The summed E-state index contributed by atoms with van der Waals surface area (Å²) in [5.41, 5.74) is 0.243. The van der Waals surface area contributed by atoms with Gasteiger partial charge < -0.3 is 5.32 Å². The van der Waals surface area contributed by atoms with Crippen molar-refractivity contribution in [2.24, 2.45) is 0 Å². The van der Waals surface area contributed by atoms with Crippen molar-refractivity contribution in [3.8, 4) is 11.4 Å². The predicted molar refractivity (Wildman–Crippen MR) is 82.9 cm³/mol. The first kappa shape index (κ1) is 16.6. The van der Waals surface area contributed by atoms with Crippen LogP contribution in [0.15, 0.2) is 42.5 Å². The molecule has 0 aliphatic rings. The summed E-state index contributed by atoms with van der Waals surface area (Å²) >= 11 is 0. The minimum absolute atomic E-state index is 0.319. The maximum absolute atomic E-state index is 13.6. The van der Waals surface area contributed by atoms with Crippen molar-refractivity contribution in [2.45, 2.75) is 13.0 Å². The number of aromatic nitrogens is 4. The van der Waals surface area contributed by atoms with E-state index in [-0.39, 0.29) is 0 Å². The molecule has 6 nitrogen and oxygen atoms in total. The normalized spacial score (nSPS) is 12.0. The average Bonchev–Trinajstić information content (AvgIpc) is 3.12. The van der Waals surface area contributed by atoms with E-state index in [1.54, 1.807) is 24.3 Å². The molecule has 128 valence electrons. The molecule has 0 spiro atoms. The third-order valence-corrected chi connectivity index (χ3v) is 3.48. The van der Waals surface area contributed by atoms with Gasteiger partial charge in [0, 0.05) is 5.56 Å². The molecule has 2 aromatic carbocycles. The van der Waals surface area contributed by atoms with Crippen molar-refractivity contribution in [1.29, 1.82) is 0 Å². The SMILES string of the molecule is CC(C(=O)Nc1ccc(F)c(F)c1F)n1nnc(-c2ccccc2)n1. The van der Waals surface area contributed by atoms with Crippen LogP contribution in [0.25, 0.3) is 11.4 Å². The molecule has 1 unspecified atom stereocenters. The molecule has 1 N–H and O–H groups in total. The number of carbonyl (C=O) groups excluding carboxylic acids is 1. The summed E-state index contributed by atoms with van der Waals surface area (Å²) in [5, 5.41) is 13.9. The van der Waals surface area contributed by atoms with Crippen LogP contribution in [0.5, 0.6) is 0 Å². The Labute approximate surface area is 140 Å². The van der Waals surface area contributed by atoms with Crippen LogP contribution in [0.2, 0.25) is 0 Å². The molecule has 0 bridgehead atoms. The van der Waals surface area contributed by atoms with Gasteiger partial charge >= 0.3 is 0 Å². The van der Waals surface area contributed by atoms with Crippen molar-refractivity contribution >= 4 is 11.6 Å². The molecule has 1 amide bonds. The number of nitrogens with one attached hydrogen (secondary N) is 1. The predicted octanol–water partition coefficient (Wildman–Crippen LogP) is 2.96. The number of carbonyl (C=O) groups is 1. The molecule has 0 fully saturated rings. The van der Waals surface area contributed by atoms with Gasteiger partial charge in [-0.25, -0.2) is 13.2 Å². The lowest BCUT2D eigenvalue weighted by atomic mass is 10.2. The molecule has 0 aliphatic carbocycles. The fraction of sp³-hybridized carbons (Fsp3) is 0.125. The van der Waals surface area contributed by atoms with E-state index < -0.39 is 35.1 Å². The topological polar surface area (TPSA) is 72.7 Å². The Morgan fingerprint density at radius 1 is 1.08 bits per heavy atom. The Hall–Kier alpha value is -3.23. The van der Waals surface area contributed by atoms with E-state index in [4.69, 9.17) is 0 Å². The van der Waals surface area contributed by atoms with Crippen molar-refractivity contribution in [2.75, 3.05) is 5.32 Å². The first-order chi connectivity index (χ1) is 12.0. The Morgan fingerprint density at radius 2 is 1.80 bits per heavy atom. The van der Waals surface area contributed by atoms with Crippen molar-refractivity contribution in [1.82, 2.24) is 20.2 Å². The highest BCUT2D eigenvalue weighted by molar-refractivity contribution is 5.93. The van der Waals surface area contributed by atoms with Crippen molar-refractivity contribution in [3.63, 3.8) is 0 Å². The van der Waals surface area contributed by atoms with Crippen LogP contribution in [0.4, 0.5) is 18.9 Å². The van der Waals surface area contributed by atoms with Gasteiger partial charge in [0.25, 0.3) is 5.91 Å². The van der Waals surface area contributed by atoms with Gasteiger partial charge in [-0.15, -0.1) is 10.2 Å². The van der Waals surface area contributed by atoms with Crippen molar-refractivity contribution < 1.29 is 18.0 Å². The van der Waals surface area contributed by atoms with E-state index in [0.29, 0.717) is 11.4 Å². The van der Waals surface area contributed by atoms with Crippen LogP contribution in [-0.4, -0.2) is 26.1 Å². The van der Waals surface area contributed by atoms with E-state index >= 15 is 0 Å². The summed E-state index contributed by atoms with van der Waals surface area (Å²) in [4.78, 5) is 13.2. The maximum Gasteiger partial charge on any atom is 0.250 e. The number of nitrogens with zero attached hydrogens (tertiary/aromatic N) is 4. The molecule has 0 saturated carbocycles. The van der Waals surface area contributed by atoms with Crippen molar-refractivity contribution in [3.05, 3.63) is 59.9 Å². The molecular formula is C16H12F3N5O. The number of rotatable bonds is 4. The lowest BCUT2D eigenvalue weighted by Gasteiger charge is -2.11. The highest BCUT2D eigenvalue weighted by atomic mass is 19.2. The number of tetrazole rings is 1. The Balaban J connectivity index is 1.77. The molecule has 3 rings (SSSR count). The van der Waals surface area contributed by atoms with Crippen LogP contribution < -0.4 is 5.32 Å². The number of amides is 1. The summed E-state index contributed by atoms with van der Waals surface area (Å²) in [6, 6.07) is 9.71. The zero-order chi connectivity index (χ0) is 18.0. The van der Waals surface area contributed by atoms with Gasteiger partial charge in [-0.2, -0.15) is 4.80 Å². The lowest BCUT2D eigenvalue weighted by Crippen LogP contribution is -2.26. The number of hydrogen-bond acceptors (Lipinski definition) is 4. The average molecular weight is 347 g/mol. The number of anilines is 1. The molecule has 0 saturated heterocycles. The molecule has 25 heavy (non-hydrogen) atoms. The summed E-state index contributed by atoms with van der Waals surface area (Å²) in [5.74, 6) is -4.86. The van der Waals surface area contributed by atoms with Gasteiger partial charge in [0.15, 0.2) is 17.5 Å². The molecule has 1 aromatic heterocycles. The molecule has 1 heterocycles. The van der Waals surface area contributed by atoms with Gasteiger partial charge in [0.1, 0.15) is 6.04 Å². The smallest absolute Gasteiger partial charge is 0.250 e. The summed E-state index contributed by atoms with van der Waals surface area (Å²) < 4.78 is 39.8. The molecule has 0 aliphatic heterocycles. The highest BCUT2D eigenvalue weighted by Gasteiger charge is 2.21. The van der Waals surface area contributed by atoms with Crippen LogP contribution in [-0.2, 0) is 4.79 Å². The minimum Gasteiger partial charge on any atom is -0.322 e. The quantitative estimate of drug-likeness (QED) is 0.737. The van der Waals surface area contributed by atoms with Crippen LogP contribution >= 0.6 is 0 Å². The third-order valence-electron chi connectivity index (χ3n) is 3.48. The molecule has 3 aromatic rings. The monoisotopic (exact) mass is 347 g/mol. The summed E-state index contributed by atoms with van der Waals surface area (Å²) in [7, 11) is 0. The lowest BCUT2D eigenvalue weighted by molar-refractivity contribution is -0.119. The van der Waals surface area contributed by atoms with E-state index in [0.717, 1.165) is 16.9 Å². The molecular weight excluding hydrogens is 335 g/mol. The first-order valence-corrected chi connectivity index (χ1v) is 7.26. The second-order valence-electron chi connectivity index (χ2n) is 5.19. The summed E-state index contributed by atoms with van der Waals surface area (Å²) in [6.45, 7) is 1.46. The zero-order valence-electron chi connectivity index (χ0n) is 12.9. The van der Waals surface area contributed by atoms with E-state index in [9.17, 15) is 18.0 Å². The van der Waals surface area contributed by atoms with Gasteiger partial charge in [-0.05, 0) is 24.3 Å². The van der Waals surface area contributed by atoms with Crippen LogP contribution in [0.3, 0.4) is 0 Å². The molecule has 9 heteroatoms. The number of hydrogen-bond donors (Lipinski definition) is 1. The Morgan fingerprint density at radius 3 is 2.52 bits per heavy atom. The number of benzene rings is 2. The van der Waals surface area contributed by atoms with E-state index in [1.807, 2.05) is 6.07 Å². The van der Waals surface area contributed by atoms with Gasteiger partial charge in [0.05, 0.1) is 5.69 Å². The maximum atomic E-state index is 13.6. The van der Waals surface area contributed by atoms with Crippen LogP contribution in [0, 0.1) is 17.5 Å². The fourth-order valence-electron chi connectivity index (χ4n) is 2.06. The summed E-state index contributed by atoms with van der Waals surface area (Å²) in [6.07, 6.45) is 0. The molecule has 1 atom stereocenters. The second kappa shape index (κ2) is 6.71. The minimum atomic E-state index is -1.66. The first-order valence-electron chi connectivity index (χ1n) is 7.26. The standard InChI is InChI=1S/C16H12F3N5O/c1-9(16(25)20-12-8-7-11(17)13(18)14(12)19)24-22-15(21-23-24)10-5-3-2-4-6-10/h2-9H,1H3,(H,20,25). The van der Waals surface area contributed by atoms with Gasteiger partial charge in [-0.1, -0.05) is 30.3 Å². The van der Waals surface area contributed by atoms with Gasteiger partial charge in [-0.3, -0.25) is 4.79 Å². The molecule has 0 radical (unpaired) electrons. The van der Waals surface area contributed by atoms with E-state index in [1.165, 1.54) is 6.92 Å². The van der Waals surface area contributed by atoms with E-state index in [2.05, 4.69) is 20.7 Å². The fourth-order valence-corrected chi connectivity index (χ4v) is 2.06. The largest absolute Gasteiger partial charge is 0.322 e. The second-order valence-corrected chi connectivity index (χ2v) is 5.19. The Kier molecular flexibility index (Phi) is 4.46.